The maximum atomic E-state index is 12.6. The molecule has 3 rings (SSSR count). The summed E-state index contributed by atoms with van der Waals surface area (Å²) in [7, 11) is 1.48. The van der Waals surface area contributed by atoms with E-state index in [-0.39, 0.29) is 0 Å². The molecule has 3 N–H and O–H groups in total. The van der Waals surface area contributed by atoms with Gasteiger partial charge >= 0.3 is 5.97 Å². The quantitative estimate of drug-likeness (QED) is 0.657. The summed E-state index contributed by atoms with van der Waals surface area (Å²) < 4.78 is 2.77. The zero-order chi connectivity index (χ0) is 18.5. The molecule has 0 spiro atoms. The minimum Gasteiger partial charge on any atom is -0.505 e. The molecule has 8 heteroatoms. The fraction of sp³-hybridized carbons (Fsp3) is 0.235. The average molecular weight is 343 g/mol. The van der Waals surface area contributed by atoms with Crippen LogP contribution in [0.25, 0.3) is 16.3 Å². The van der Waals surface area contributed by atoms with Gasteiger partial charge in [0, 0.05) is 23.5 Å². The van der Waals surface area contributed by atoms with Crippen molar-refractivity contribution in [3.05, 3.63) is 45.9 Å². The summed E-state index contributed by atoms with van der Waals surface area (Å²) in [6, 6.07) is 6.07. The van der Waals surface area contributed by atoms with Crippen LogP contribution in [-0.4, -0.2) is 37.3 Å². The molecule has 8 nitrogen and oxygen atoms in total. The first-order chi connectivity index (χ1) is 11.8. The molecule has 2 aromatic heterocycles. The van der Waals surface area contributed by atoms with Gasteiger partial charge in [-0.05, 0) is 13.8 Å². The summed E-state index contributed by atoms with van der Waals surface area (Å²) in [4.78, 5) is 35.9. The highest BCUT2D eigenvalue weighted by molar-refractivity contribution is 6.07. The number of nitrogens with zero attached hydrogens (tertiary/aromatic N) is 2. The molecule has 0 aliphatic rings. The fourth-order valence-corrected chi connectivity index (χ4v) is 3.01. The van der Waals surface area contributed by atoms with Crippen LogP contribution in [-0.2, 0) is 11.8 Å². The molecule has 1 atom stereocenters. The molecule has 2 heterocycles. The molecular weight excluding hydrogens is 326 g/mol. The van der Waals surface area contributed by atoms with Gasteiger partial charge in [-0.15, -0.1) is 0 Å². The maximum absolute atomic E-state index is 12.6. The highest BCUT2D eigenvalue weighted by atomic mass is 16.4. The molecule has 25 heavy (non-hydrogen) atoms. The van der Waals surface area contributed by atoms with Crippen LogP contribution in [0.4, 0.5) is 0 Å². The molecule has 1 aromatic carbocycles. The summed E-state index contributed by atoms with van der Waals surface area (Å²) in [6.45, 7) is 3.08. The molecule has 0 saturated heterocycles. The number of carboxylic acids is 1. The van der Waals surface area contributed by atoms with Crippen LogP contribution < -0.4 is 10.9 Å². The van der Waals surface area contributed by atoms with Crippen LogP contribution in [0.5, 0.6) is 5.75 Å². The second kappa shape index (κ2) is 5.66. The summed E-state index contributed by atoms with van der Waals surface area (Å²) in [5, 5.41) is 23.3. The van der Waals surface area contributed by atoms with Crippen molar-refractivity contribution < 1.29 is 19.8 Å². The first-order valence-electron chi connectivity index (χ1n) is 7.61. The number of nitrogens with one attached hydrogen (secondary N) is 1. The van der Waals surface area contributed by atoms with Crippen molar-refractivity contribution in [1.82, 2.24) is 14.5 Å². The van der Waals surface area contributed by atoms with E-state index in [4.69, 9.17) is 5.11 Å². The normalized spacial score (nSPS) is 12.4. The lowest BCUT2D eigenvalue weighted by molar-refractivity contribution is -0.138. The number of rotatable bonds is 3. The number of carboxylic acid groups (broad SMARTS) is 1. The third-order valence-electron chi connectivity index (χ3n) is 4.32. The summed E-state index contributed by atoms with van der Waals surface area (Å²) in [6.07, 6.45) is 0. The molecule has 0 radical (unpaired) electrons. The van der Waals surface area contributed by atoms with Gasteiger partial charge in [0.05, 0.1) is 0 Å². The number of fused-ring (bicyclic) bond motifs is 3. The Bertz CT molecular complexity index is 1090. The molecule has 0 saturated carbocycles. The molecule has 0 bridgehead atoms. The van der Waals surface area contributed by atoms with Gasteiger partial charge in [-0.1, -0.05) is 24.3 Å². The Balaban J connectivity index is 2.35. The van der Waals surface area contributed by atoms with E-state index < -0.39 is 34.8 Å². The van der Waals surface area contributed by atoms with E-state index in [2.05, 4.69) is 5.32 Å². The van der Waals surface area contributed by atoms with Gasteiger partial charge < -0.3 is 15.5 Å². The van der Waals surface area contributed by atoms with Crippen molar-refractivity contribution in [3.63, 3.8) is 0 Å². The molecule has 0 aliphatic carbocycles. The summed E-state index contributed by atoms with van der Waals surface area (Å²) >= 11 is 0. The van der Waals surface area contributed by atoms with Crippen LogP contribution in [0, 0.1) is 6.92 Å². The number of benzene rings is 1. The summed E-state index contributed by atoms with van der Waals surface area (Å²) in [5.41, 5.74) is -0.135. The third kappa shape index (κ3) is 2.34. The van der Waals surface area contributed by atoms with Crippen molar-refractivity contribution in [2.75, 3.05) is 0 Å². The van der Waals surface area contributed by atoms with Gasteiger partial charge in [0.2, 0.25) is 0 Å². The van der Waals surface area contributed by atoms with Crippen LogP contribution in [0.15, 0.2) is 29.1 Å². The van der Waals surface area contributed by atoms with E-state index in [0.717, 1.165) is 11.1 Å². The SMILES string of the molecule is Cc1c2ccccc2c2c(O)c(C(=O)N[C@@H](C)C(=O)O)c(=O)n(C)n12. The Morgan fingerprint density at radius 1 is 1.20 bits per heavy atom. The highest BCUT2D eigenvalue weighted by Crippen LogP contribution is 2.32. The number of aromatic nitrogens is 2. The number of carbonyl (C=O) groups is 2. The lowest BCUT2D eigenvalue weighted by atomic mass is 10.1. The number of carbonyl (C=O) groups excluding carboxylic acids is 1. The highest BCUT2D eigenvalue weighted by Gasteiger charge is 2.26. The minimum atomic E-state index is -1.24. The smallest absolute Gasteiger partial charge is 0.325 e. The lowest BCUT2D eigenvalue weighted by Gasteiger charge is -2.14. The van der Waals surface area contributed by atoms with Gasteiger partial charge in [-0.3, -0.25) is 18.9 Å². The molecular formula is C17H17N3O5. The average Bonchev–Trinajstić information content (AvgIpc) is 2.86. The Hall–Kier alpha value is -3.29. The molecule has 130 valence electrons. The van der Waals surface area contributed by atoms with Gasteiger partial charge in [-0.2, -0.15) is 0 Å². The zero-order valence-electron chi connectivity index (χ0n) is 13.9. The van der Waals surface area contributed by atoms with E-state index in [0.29, 0.717) is 10.9 Å². The van der Waals surface area contributed by atoms with Gasteiger partial charge in [0.25, 0.3) is 11.5 Å². The van der Waals surface area contributed by atoms with Gasteiger partial charge in [0.1, 0.15) is 17.1 Å². The number of aromatic hydroxyl groups is 1. The monoisotopic (exact) mass is 343 g/mol. The second-order valence-electron chi connectivity index (χ2n) is 5.88. The van der Waals surface area contributed by atoms with Crippen LogP contribution in [0.3, 0.4) is 0 Å². The zero-order valence-corrected chi connectivity index (χ0v) is 13.9. The largest absolute Gasteiger partial charge is 0.505 e. The number of hydrogen-bond acceptors (Lipinski definition) is 4. The molecule has 3 aromatic rings. The number of amides is 1. The van der Waals surface area contributed by atoms with E-state index in [1.165, 1.54) is 18.7 Å². The Labute approximate surface area is 141 Å². The standard InChI is InChI=1S/C17H17N3O5/c1-8(17(24)25)18-15(22)12-14(21)13-11-7-5-4-6-10(11)9(2)20(13)19(3)16(12)23/h4-8,21H,1-3H3,(H,18,22)(H,24,25)/t8-/m0/s1. The predicted molar refractivity (Wildman–Crippen MR) is 91.1 cm³/mol. The van der Waals surface area contributed by atoms with Crippen LogP contribution in [0.1, 0.15) is 23.0 Å². The van der Waals surface area contributed by atoms with Crippen molar-refractivity contribution in [2.45, 2.75) is 19.9 Å². The Morgan fingerprint density at radius 3 is 2.40 bits per heavy atom. The van der Waals surface area contributed by atoms with Crippen molar-refractivity contribution in [2.24, 2.45) is 7.05 Å². The van der Waals surface area contributed by atoms with Crippen molar-refractivity contribution in [1.29, 1.82) is 0 Å². The predicted octanol–water partition coefficient (Wildman–Crippen LogP) is 1.01. The van der Waals surface area contributed by atoms with Crippen molar-refractivity contribution >= 4 is 28.2 Å². The summed E-state index contributed by atoms with van der Waals surface area (Å²) in [5.74, 6) is -2.64. The molecule has 1 amide bonds. The van der Waals surface area contributed by atoms with Crippen molar-refractivity contribution in [3.8, 4) is 5.75 Å². The first-order valence-corrected chi connectivity index (χ1v) is 7.61. The van der Waals surface area contributed by atoms with Crippen LogP contribution in [0.2, 0.25) is 0 Å². The third-order valence-corrected chi connectivity index (χ3v) is 4.32. The van der Waals surface area contributed by atoms with E-state index in [1.807, 2.05) is 12.1 Å². The molecule has 0 aliphatic heterocycles. The molecule has 0 fully saturated rings. The fourth-order valence-electron chi connectivity index (χ4n) is 3.01. The van der Waals surface area contributed by atoms with E-state index in [9.17, 15) is 19.5 Å². The lowest BCUT2D eigenvalue weighted by Crippen LogP contribution is -2.42. The first kappa shape index (κ1) is 16.6. The van der Waals surface area contributed by atoms with Crippen LogP contribution >= 0.6 is 0 Å². The topological polar surface area (TPSA) is 113 Å². The number of aliphatic carboxylic acids is 1. The van der Waals surface area contributed by atoms with Gasteiger partial charge in [-0.25, -0.2) is 4.68 Å². The Morgan fingerprint density at radius 2 is 1.80 bits per heavy atom. The second-order valence-corrected chi connectivity index (χ2v) is 5.88. The Kier molecular flexibility index (Phi) is 3.75. The van der Waals surface area contributed by atoms with Gasteiger partial charge in [0.15, 0.2) is 5.75 Å². The molecule has 0 unspecified atom stereocenters. The number of hydrogen-bond donors (Lipinski definition) is 3. The maximum Gasteiger partial charge on any atom is 0.325 e. The number of aryl methyl sites for hydroxylation is 2. The van der Waals surface area contributed by atoms with E-state index in [1.54, 1.807) is 23.6 Å². The van der Waals surface area contributed by atoms with E-state index >= 15 is 0 Å². The minimum absolute atomic E-state index is 0.323.